The lowest BCUT2D eigenvalue weighted by molar-refractivity contribution is 0.224. The summed E-state index contributed by atoms with van der Waals surface area (Å²) >= 11 is 1.79. The number of piperidine rings is 1. The third kappa shape index (κ3) is 7.27. The van der Waals surface area contributed by atoms with Crippen LogP contribution in [0.5, 0.6) is 0 Å². The summed E-state index contributed by atoms with van der Waals surface area (Å²) in [6, 6.07) is 4.24. The van der Waals surface area contributed by atoms with E-state index in [0.717, 1.165) is 25.9 Å². The molecule has 124 valence electrons. The Balaban J connectivity index is 1.44. The Morgan fingerprint density at radius 3 is 2.86 bits per heavy atom. The SMILES string of the molecule is NC(=NCCCCCN1CCCCC1)NCCc1cccs1. The van der Waals surface area contributed by atoms with Gasteiger partial charge in [-0.15, -0.1) is 11.3 Å². The van der Waals surface area contributed by atoms with Crippen LogP contribution in [-0.2, 0) is 6.42 Å². The molecule has 3 N–H and O–H groups in total. The van der Waals surface area contributed by atoms with Gasteiger partial charge in [-0.1, -0.05) is 18.9 Å². The Morgan fingerprint density at radius 2 is 2.09 bits per heavy atom. The molecule has 0 unspecified atom stereocenters. The van der Waals surface area contributed by atoms with Crippen molar-refractivity contribution in [2.75, 3.05) is 32.7 Å². The number of nitrogens with one attached hydrogen (secondary N) is 1. The largest absolute Gasteiger partial charge is 0.370 e. The van der Waals surface area contributed by atoms with Gasteiger partial charge in [0.25, 0.3) is 0 Å². The van der Waals surface area contributed by atoms with Gasteiger partial charge in [0.2, 0.25) is 0 Å². The average Bonchev–Trinajstić information content (AvgIpc) is 3.05. The fourth-order valence-electron chi connectivity index (χ4n) is 2.83. The van der Waals surface area contributed by atoms with Crippen molar-refractivity contribution in [3.05, 3.63) is 22.4 Å². The Kier molecular flexibility index (Phi) is 8.35. The summed E-state index contributed by atoms with van der Waals surface area (Å²) in [5.74, 6) is 0.590. The number of nitrogens with two attached hydrogens (primary N) is 1. The predicted octanol–water partition coefficient (Wildman–Crippen LogP) is 2.85. The van der Waals surface area contributed by atoms with Crippen molar-refractivity contribution < 1.29 is 0 Å². The van der Waals surface area contributed by atoms with Crippen molar-refractivity contribution in [2.24, 2.45) is 10.7 Å². The zero-order chi connectivity index (χ0) is 15.5. The topological polar surface area (TPSA) is 53.6 Å². The van der Waals surface area contributed by atoms with Gasteiger partial charge in [-0.2, -0.15) is 0 Å². The maximum Gasteiger partial charge on any atom is 0.188 e. The van der Waals surface area contributed by atoms with E-state index in [1.54, 1.807) is 11.3 Å². The van der Waals surface area contributed by atoms with Crippen molar-refractivity contribution in [2.45, 2.75) is 44.9 Å². The van der Waals surface area contributed by atoms with E-state index in [2.05, 4.69) is 32.7 Å². The van der Waals surface area contributed by atoms with Gasteiger partial charge in [-0.3, -0.25) is 4.99 Å². The Bertz CT molecular complexity index is 410. The summed E-state index contributed by atoms with van der Waals surface area (Å²) in [7, 11) is 0. The van der Waals surface area contributed by atoms with Crippen LogP contribution >= 0.6 is 11.3 Å². The minimum absolute atomic E-state index is 0.590. The Morgan fingerprint density at radius 1 is 1.23 bits per heavy atom. The van der Waals surface area contributed by atoms with Crippen LogP contribution in [-0.4, -0.2) is 43.6 Å². The molecule has 2 heterocycles. The summed E-state index contributed by atoms with van der Waals surface area (Å²) in [6.45, 7) is 5.58. The van der Waals surface area contributed by atoms with E-state index in [1.165, 1.54) is 56.6 Å². The fraction of sp³-hybridized carbons (Fsp3) is 0.706. The molecule has 1 aliphatic heterocycles. The van der Waals surface area contributed by atoms with Gasteiger partial charge in [0.15, 0.2) is 5.96 Å². The first kappa shape index (κ1) is 17.3. The predicted molar refractivity (Wildman–Crippen MR) is 96.7 cm³/mol. The van der Waals surface area contributed by atoms with E-state index < -0.39 is 0 Å². The quantitative estimate of drug-likeness (QED) is 0.417. The molecule has 0 atom stereocenters. The number of guanidine groups is 1. The first-order chi connectivity index (χ1) is 10.8. The summed E-state index contributed by atoms with van der Waals surface area (Å²) in [4.78, 5) is 8.39. The van der Waals surface area contributed by atoms with Gasteiger partial charge in [-0.25, -0.2) is 0 Å². The molecule has 5 heteroatoms. The van der Waals surface area contributed by atoms with Crippen LogP contribution in [0.25, 0.3) is 0 Å². The number of aliphatic imine (C=N–C) groups is 1. The summed E-state index contributed by atoms with van der Waals surface area (Å²) in [5, 5.41) is 5.30. The number of unbranched alkanes of at least 4 members (excludes halogenated alkanes) is 2. The lowest BCUT2D eigenvalue weighted by Crippen LogP contribution is -2.33. The highest BCUT2D eigenvalue weighted by Crippen LogP contribution is 2.10. The van der Waals surface area contributed by atoms with Gasteiger partial charge in [0, 0.05) is 18.0 Å². The molecule has 1 aromatic rings. The number of thiophene rings is 1. The summed E-state index contributed by atoms with van der Waals surface area (Å²) in [5.41, 5.74) is 5.88. The highest BCUT2D eigenvalue weighted by atomic mass is 32.1. The molecule has 0 radical (unpaired) electrons. The molecule has 0 bridgehead atoms. The first-order valence-corrected chi connectivity index (χ1v) is 9.51. The Hall–Kier alpha value is -1.07. The molecule has 0 amide bonds. The summed E-state index contributed by atoms with van der Waals surface area (Å²) in [6.07, 6.45) is 8.90. The minimum atomic E-state index is 0.590. The van der Waals surface area contributed by atoms with Gasteiger partial charge in [0.1, 0.15) is 0 Å². The van der Waals surface area contributed by atoms with Crippen LogP contribution in [0.1, 0.15) is 43.4 Å². The lowest BCUT2D eigenvalue weighted by atomic mass is 10.1. The van der Waals surface area contributed by atoms with Crippen molar-refractivity contribution >= 4 is 17.3 Å². The van der Waals surface area contributed by atoms with Gasteiger partial charge in [-0.05, 0) is 63.2 Å². The molecular formula is C17H30N4S. The number of likely N-dealkylation sites (tertiary alicyclic amines) is 1. The van der Waals surface area contributed by atoms with Crippen LogP contribution in [0.3, 0.4) is 0 Å². The highest BCUT2D eigenvalue weighted by Gasteiger charge is 2.08. The zero-order valence-electron chi connectivity index (χ0n) is 13.6. The molecule has 4 nitrogen and oxygen atoms in total. The molecule has 1 aliphatic rings. The molecule has 0 aliphatic carbocycles. The fourth-order valence-corrected chi connectivity index (χ4v) is 3.54. The van der Waals surface area contributed by atoms with Crippen LogP contribution in [0.4, 0.5) is 0 Å². The van der Waals surface area contributed by atoms with E-state index >= 15 is 0 Å². The van der Waals surface area contributed by atoms with Crippen molar-refractivity contribution in [1.82, 2.24) is 10.2 Å². The molecule has 0 saturated carbocycles. The molecule has 2 rings (SSSR count). The normalized spacial score (nSPS) is 16.8. The second-order valence-corrected chi connectivity index (χ2v) is 7.02. The second-order valence-electron chi connectivity index (χ2n) is 5.99. The van der Waals surface area contributed by atoms with Gasteiger partial charge >= 0.3 is 0 Å². The maximum absolute atomic E-state index is 5.88. The maximum atomic E-state index is 5.88. The van der Waals surface area contributed by atoms with Crippen LogP contribution in [0, 0.1) is 0 Å². The smallest absolute Gasteiger partial charge is 0.188 e. The lowest BCUT2D eigenvalue weighted by Gasteiger charge is -2.26. The van der Waals surface area contributed by atoms with Gasteiger partial charge < -0.3 is 16.0 Å². The number of hydrogen-bond acceptors (Lipinski definition) is 3. The third-order valence-corrected chi connectivity index (χ3v) is 5.06. The van der Waals surface area contributed by atoms with Crippen LogP contribution < -0.4 is 11.1 Å². The molecule has 0 aromatic carbocycles. The van der Waals surface area contributed by atoms with Crippen molar-refractivity contribution in [1.29, 1.82) is 0 Å². The molecule has 0 spiro atoms. The summed E-state index contributed by atoms with van der Waals surface area (Å²) < 4.78 is 0. The molecule has 1 saturated heterocycles. The number of nitrogens with zero attached hydrogens (tertiary/aromatic N) is 2. The third-order valence-electron chi connectivity index (χ3n) is 4.12. The number of rotatable bonds is 9. The van der Waals surface area contributed by atoms with E-state index in [-0.39, 0.29) is 0 Å². The van der Waals surface area contributed by atoms with Gasteiger partial charge in [0.05, 0.1) is 0 Å². The van der Waals surface area contributed by atoms with Crippen LogP contribution in [0.15, 0.2) is 22.5 Å². The van der Waals surface area contributed by atoms with E-state index in [9.17, 15) is 0 Å². The molecular weight excluding hydrogens is 292 g/mol. The Labute approximate surface area is 138 Å². The molecule has 22 heavy (non-hydrogen) atoms. The second kappa shape index (κ2) is 10.6. The van der Waals surface area contributed by atoms with E-state index in [1.807, 2.05) is 0 Å². The molecule has 1 aromatic heterocycles. The van der Waals surface area contributed by atoms with Crippen LogP contribution in [0.2, 0.25) is 0 Å². The molecule has 1 fully saturated rings. The number of hydrogen-bond donors (Lipinski definition) is 2. The monoisotopic (exact) mass is 322 g/mol. The van der Waals surface area contributed by atoms with Crippen molar-refractivity contribution in [3.63, 3.8) is 0 Å². The average molecular weight is 323 g/mol. The van der Waals surface area contributed by atoms with E-state index in [0.29, 0.717) is 5.96 Å². The minimum Gasteiger partial charge on any atom is -0.370 e. The first-order valence-electron chi connectivity index (χ1n) is 8.63. The highest BCUT2D eigenvalue weighted by molar-refractivity contribution is 7.09. The van der Waals surface area contributed by atoms with E-state index in [4.69, 9.17) is 5.73 Å². The standard InChI is InChI=1S/C17H30N4S/c18-17(20-11-9-16-8-7-15-22-16)19-10-3-1-4-12-21-13-5-2-6-14-21/h7-8,15H,1-6,9-14H2,(H3,18,19,20). The van der Waals surface area contributed by atoms with Crippen molar-refractivity contribution in [3.8, 4) is 0 Å². The zero-order valence-corrected chi connectivity index (χ0v) is 14.4.